The van der Waals surface area contributed by atoms with Crippen LogP contribution in [0, 0.1) is 0 Å². The fourth-order valence-electron chi connectivity index (χ4n) is 2.55. The van der Waals surface area contributed by atoms with E-state index in [4.69, 9.17) is 14.2 Å². The molecular formula is C19H18N2O5S. The van der Waals surface area contributed by atoms with Crippen molar-refractivity contribution < 1.29 is 23.8 Å². The Labute approximate surface area is 159 Å². The lowest BCUT2D eigenvalue weighted by atomic mass is 10.2. The van der Waals surface area contributed by atoms with Crippen molar-refractivity contribution in [2.24, 2.45) is 0 Å². The Morgan fingerprint density at radius 1 is 0.889 bits per heavy atom. The van der Waals surface area contributed by atoms with Crippen molar-refractivity contribution in [1.29, 1.82) is 0 Å². The zero-order chi connectivity index (χ0) is 19.4. The van der Waals surface area contributed by atoms with Gasteiger partial charge >= 0.3 is 12.0 Å². The molecule has 0 spiro atoms. The highest BCUT2D eigenvalue weighted by Crippen LogP contribution is 2.39. The van der Waals surface area contributed by atoms with Crippen molar-refractivity contribution in [3.63, 3.8) is 0 Å². The molecule has 0 bridgehead atoms. The fourth-order valence-corrected chi connectivity index (χ4v) is 3.62. The quantitative estimate of drug-likeness (QED) is 0.637. The summed E-state index contributed by atoms with van der Waals surface area (Å²) in [5.74, 6) is 0.679. The maximum Gasteiger partial charge on any atom is 0.351 e. The van der Waals surface area contributed by atoms with E-state index >= 15 is 0 Å². The molecule has 140 valence electrons. The normalized spacial score (nSPS) is 10.3. The van der Waals surface area contributed by atoms with Crippen LogP contribution in [0.3, 0.4) is 0 Å². The molecule has 2 aromatic carbocycles. The zero-order valence-corrected chi connectivity index (χ0v) is 15.8. The Hall–Kier alpha value is -3.26. The third-order valence-electron chi connectivity index (χ3n) is 3.82. The minimum absolute atomic E-state index is 0.384. The van der Waals surface area contributed by atoms with Gasteiger partial charge in [-0.1, -0.05) is 0 Å². The molecule has 2 amide bonds. The average molecular weight is 386 g/mol. The van der Waals surface area contributed by atoms with E-state index in [-0.39, 0.29) is 6.03 Å². The van der Waals surface area contributed by atoms with E-state index in [9.17, 15) is 9.59 Å². The second kappa shape index (κ2) is 7.96. The van der Waals surface area contributed by atoms with Crippen LogP contribution in [-0.2, 0) is 4.74 Å². The van der Waals surface area contributed by atoms with Crippen molar-refractivity contribution >= 4 is 44.8 Å². The number of fused-ring (bicyclic) bond motifs is 1. The molecule has 0 atom stereocenters. The Morgan fingerprint density at radius 2 is 1.56 bits per heavy atom. The molecule has 0 fully saturated rings. The smallest absolute Gasteiger partial charge is 0.351 e. The van der Waals surface area contributed by atoms with Crippen LogP contribution in [-0.4, -0.2) is 33.3 Å². The molecule has 7 nitrogen and oxygen atoms in total. The van der Waals surface area contributed by atoms with E-state index in [1.807, 2.05) is 6.07 Å². The largest absolute Gasteiger partial charge is 0.497 e. The van der Waals surface area contributed by atoms with Crippen LogP contribution < -0.4 is 20.1 Å². The van der Waals surface area contributed by atoms with Gasteiger partial charge in [0, 0.05) is 21.5 Å². The second-order valence-corrected chi connectivity index (χ2v) is 6.53. The van der Waals surface area contributed by atoms with Gasteiger partial charge in [-0.3, -0.25) is 0 Å². The van der Waals surface area contributed by atoms with Crippen LogP contribution in [0.1, 0.15) is 9.67 Å². The number of thiophene rings is 1. The molecule has 2 N–H and O–H groups in total. The van der Waals surface area contributed by atoms with Crippen LogP contribution >= 0.6 is 11.3 Å². The summed E-state index contributed by atoms with van der Waals surface area (Å²) in [6, 6.07) is 11.9. The number of rotatable bonds is 5. The third kappa shape index (κ3) is 3.95. The number of ether oxygens (including phenoxy) is 3. The molecule has 3 aromatic rings. The van der Waals surface area contributed by atoms with Crippen LogP contribution in [0.15, 0.2) is 42.5 Å². The first kappa shape index (κ1) is 18.5. The average Bonchev–Trinajstić information content (AvgIpc) is 3.05. The van der Waals surface area contributed by atoms with Crippen LogP contribution in [0.25, 0.3) is 10.1 Å². The van der Waals surface area contributed by atoms with Gasteiger partial charge in [0.2, 0.25) is 0 Å². The maximum absolute atomic E-state index is 12.2. The van der Waals surface area contributed by atoms with Crippen LogP contribution in [0.2, 0.25) is 0 Å². The Kier molecular flexibility index (Phi) is 5.46. The van der Waals surface area contributed by atoms with Gasteiger partial charge in [-0.25, -0.2) is 9.59 Å². The highest BCUT2D eigenvalue weighted by atomic mass is 32.1. The Morgan fingerprint density at radius 3 is 2.19 bits per heavy atom. The van der Waals surface area contributed by atoms with Crippen molar-refractivity contribution in [3.05, 3.63) is 47.3 Å². The number of carbonyl (C=O) groups is 2. The molecule has 0 unspecified atom stereocenters. The topological polar surface area (TPSA) is 85.9 Å². The number of carbonyl (C=O) groups excluding carboxylic acids is 2. The molecule has 1 heterocycles. The minimum atomic E-state index is -0.459. The summed E-state index contributed by atoms with van der Waals surface area (Å²) >= 11 is 1.28. The summed E-state index contributed by atoms with van der Waals surface area (Å²) in [7, 11) is 4.39. The first-order valence-electron chi connectivity index (χ1n) is 7.96. The molecule has 0 aliphatic carbocycles. The van der Waals surface area contributed by atoms with Gasteiger partial charge in [0.15, 0.2) is 10.6 Å². The monoisotopic (exact) mass is 386 g/mol. The number of urea groups is 1. The molecule has 0 radical (unpaired) electrons. The molecule has 0 saturated carbocycles. The van der Waals surface area contributed by atoms with Crippen molar-refractivity contribution in [2.75, 3.05) is 32.0 Å². The van der Waals surface area contributed by atoms with Gasteiger partial charge in [-0.2, -0.15) is 0 Å². The number of anilines is 2. The molecule has 0 aliphatic rings. The molecule has 0 aliphatic heterocycles. The lowest BCUT2D eigenvalue weighted by molar-refractivity contribution is 0.0603. The van der Waals surface area contributed by atoms with E-state index in [1.54, 1.807) is 43.5 Å². The third-order valence-corrected chi connectivity index (χ3v) is 4.96. The summed E-state index contributed by atoms with van der Waals surface area (Å²) in [6.07, 6.45) is 0. The number of nitrogens with one attached hydrogen (secondary N) is 2. The number of esters is 1. The van der Waals surface area contributed by atoms with Crippen molar-refractivity contribution in [1.82, 2.24) is 0 Å². The molecular weight excluding hydrogens is 368 g/mol. The van der Waals surface area contributed by atoms with Gasteiger partial charge < -0.3 is 24.8 Å². The lowest BCUT2D eigenvalue weighted by Gasteiger charge is -2.09. The lowest BCUT2D eigenvalue weighted by Crippen LogP contribution is -2.19. The number of amides is 2. The Balaban J connectivity index is 1.79. The van der Waals surface area contributed by atoms with Crippen molar-refractivity contribution in [2.45, 2.75) is 0 Å². The number of methoxy groups -OCH3 is 3. The van der Waals surface area contributed by atoms with Gasteiger partial charge in [-0.15, -0.1) is 11.3 Å². The highest BCUT2D eigenvalue weighted by Gasteiger charge is 2.20. The van der Waals surface area contributed by atoms with E-state index in [0.29, 0.717) is 27.8 Å². The SMILES string of the molecule is COC(=O)c1sc2ccc(NC(=O)Nc3ccc(OC)cc3)cc2c1OC. The zero-order valence-electron chi connectivity index (χ0n) is 15.0. The standard InChI is InChI=1S/C19H18N2O5S/c1-24-13-7-4-11(5-8-13)20-19(23)21-12-6-9-15-14(10-12)16(25-2)17(27-15)18(22)26-3/h4-10H,1-3H3,(H2,20,21,23). The van der Waals surface area contributed by atoms with Gasteiger partial charge in [-0.05, 0) is 42.5 Å². The van der Waals surface area contributed by atoms with Crippen LogP contribution in [0.5, 0.6) is 11.5 Å². The summed E-state index contributed by atoms with van der Waals surface area (Å²) in [6.45, 7) is 0. The molecule has 1 aromatic heterocycles. The fraction of sp³-hybridized carbons (Fsp3) is 0.158. The van der Waals surface area contributed by atoms with Gasteiger partial charge in [0.25, 0.3) is 0 Å². The molecule has 0 saturated heterocycles. The van der Waals surface area contributed by atoms with E-state index in [1.165, 1.54) is 25.6 Å². The first-order chi connectivity index (χ1) is 13.0. The predicted molar refractivity (Wildman–Crippen MR) is 105 cm³/mol. The summed E-state index contributed by atoms with van der Waals surface area (Å²) < 4.78 is 16.1. The van der Waals surface area contributed by atoms with Crippen LogP contribution in [0.4, 0.5) is 16.2 Å². The summed E-state index contributed by atoms with van der Waals surface area (Å²) in [5, 5.41) is 6.24. The van der Waals surface area contributed by atoms with E-state index in [0.717, 1.165) is 10.1 Å². The Bertz CT molecular complexity index is 982. The predicted octanol–water partition coefficient (Wildman–Crippen LogP) is 4.35. The van der Waals surface area contributed by atoms with E-state index < -0.39 is 5.97 Å². The highest BCUT2D eigenvalue weighted by molar-refractivity contribution is 7.21. The second-order valence-electron chi connectivity index (χ2n) is 5.47. The van der Waals surface area contributed by atoms with Gasteiger partial charge in [0.1, 0.15) is 5.75 Å². The number of hydrogen-bond donors (Lipinski definition) is 2. The molecule has 8 heteroatoms. The molecule has 27 heavy (non-hydrogen) atoms. The summed E-state index contributed by atoms with van der Waals surface area (Å²) in [4.78, 5) is 24.5. The number of benzene rings is 2. The van der Waals surface area contributed by atoms with Gasteiger partial charge in [0.05, 0.1) is 21.3 Å². The molecule has 3 rings (SSSR count). The number of hydrogen-bond acceptors (Lipinski definition) is 6. The minimum Gasteiger partial charge on any atom is -0.497 e. The van der Waals surface area contributed by atoms with Crippen molar-refractivity contribution in [3.8, 4) is 11.5 Å². The first-order valence-corrected chi connectivity index (χ1v) is 8.78. The van der Waals surface area contributed by atoms with E-state index in [2.05, 4.69) is 10.6 Å². The summed E-state index contributed by atoms with van der Waals surface area (Å²) in [5.41, 5.74) is 1.21. The maximum atomic E-state index is 12.2.